The topological polar surface area (TPSA) is 94.5 Å². The van der Waals surface area contributed by atoms with E-state index in [0.29, 0.717) is 18.1 Å². The van der Waals surface area contributed by atoms with E-state index in [1.165, 1.54) is 31.6 Å². The minimum absolute atomic E-state index is 0.131. The predicted octanol–water partition coefficient (Wildman–Crippen LogP) is 3.91. The number of aromatic amines is 1. The van der Waals surface area contributed by atoms with Crippen LogP contribution < -0.4 is 15.4 Å². The van der Waals surface area contributed by atoms with E-state index in [0.717, 1.165) is 48.1 Å². The van der Waals surface area contributed by atoms with Gasteiger partial charge < -0.3 is 20.1 Å². The number of hydrogen-bond donors (Lipinski definition) is 3. The molecule has 35 heavy (non-hydrogen) atoms. The Labute approximate surface area is 208 Å². The number of anilines is 1. The monoisotopic (exact) mass is 495 g/mol. The third kappa shape index (κ3) is 5.56. The first-order valence-corrected chi connectivity index (χ1v) is 14.3. The lowest BCUT2D eigenvalue weighted by Gasteiger charge is -2.39. The van der Waals surface area contributed by atoms with Crippen molar-refractivity contribution in [2.45, 2.75) is 62.6 Å². The van der Waals surface area contributed by atoms with Gasteiger partial charge in [0.05, 0.1) is 4.90 Å². The highest BCUT2D eigenvalue weighted by Crippen LogP contribution is 2.30. The van der Waals surface area contributed by atoms with Gasteiger partial charge in [-0.1, -0.05) is 12.1 Å². The maximum absolute atomic E-state index is 11.7. The van der Waals surface area contributed by atoms with Crippen molar-refractivity contribution in [2.24, 2.45) is 5.14 Å². The van der Waals surface area contributed by atoms with Gasteiger partial charge in [-0.3, -0.25) is 0 Å². The number of H-pyrrole nitrogens is 1. The average Bonchev–Trinajstić information content (AvgIpc) is 3.28. The molecule has 188 valence electrons. The van der Waals surface area contributed by atoms with Gasteiger partial charge in [-0.25, -0.2) is 13.6 Å². The fraction of sp³-hybridized carbons (Fsp3) is 0.481. The molecule has 2 aliphatic rings. The van der Waals surface area contributed by atoms with E-state index in [1.54, 1.807) is 18.2 Å². The normalized spacial score (nSPS) is 19.1. The van der Waals surface area contributed by atoms with E-state index in [2.05, 4.69) is 58.2 Å². The van der Waals surface area contributed by atoms with Gasteiger partial charge in [0.25, 0.3) is 0 Å². The molecule has 2 fully saturated rings. The Morgan fingerprint density at radius 1 is 0.943 bits per heavy atom. The molecule has 0 amide bonds. The lowest BCUT2D eigenvalue weighted by molar-refractivity contribution is 0.154. The second kappa shape index (κ2) is 9.93. The third-order valence-corrected chi connectivity index (χ3v) is 8.58. The first-order chi connectivity index (χ1) is 16.8. The lowest BCUT2D eigenvalue weighted by Crippen LogP contribution is -2.50. The summed E-state index contributed by atoms with van der Waals surface area (Å²) in [5, 5.41) is 10.1. The largest absolute Gasteiger partial charge is 0.371 e. The Bertz CT molecular complexity index is 1270. The number of nitrogens with two attached hydrogens (primary N) is 1. The van der Waals surface area contributed by atoms with Crippen molar-refractivity contribution in [1.29, 1.82) is 0 Å². The van der Waals surface area contributed by atoms with Crippen molar-refractivity contribution >= 4 is 26.6 Å². The molecule has 0 atom stereocenters. The standard InChI is InChI=1S/C27H37N5O2S/c1-19(2)31-12-8-22(9-13-31)29-23-10-14-32(15-11-23)24-5-3-4-20(16-24)27-18-21-17-25(35(28,33)34)6-7-26(21)30-27/h3-7,16-19,22-23,29-30H,8-15H2,1-2H3,(H2,28,33,34). The van der Waals surface area contributed by atoms with E-state index in [4.69, 9.17) is 5.14 Å². The summed E-state index contributed by atoms with van der Waals surface area (Å²) in [6, 6.07) is 17.4. The van der Waals surface area contributed by atoms with Crippen molar-refractivity contribution in [3.05, 3.63) is 48.5 Å². The maximum Gasteiger partial charge on any atom is 0.238 e. The first-order valence-electron chi connectivity index (χ1n) is 12.8. The van der Waals surface area contributed by atoms with E-state index < -0.39 is 10.0 Å². The fourth-order valence-corrected chi connectivity index (χ4v) is 6.08. The van der Waals surface area contributed by atoms with E-state index in [-0.39, 0.29) is 4.90 Å². The zero-order valence-electron chi connectivity index (χ0n) is 20.7. The van der Waals surface area contributed by atoms with Crippen LogP contribution in [0.3, 0.4) is 0 Å². The van der Waals surface area contributed by atoms with Crippen LogP contribution in [-0.2, 0) is 10.0 Å². The molecule has 3 heterocycles. The number of primary sulfonamides is 1. The van der Waals surface area contributed by atoms with Crippen LogP contribution in [0, 0.1) is 0 Å². The molecule has 0 unspecified atom stereocenters. The number of nitrogens with zero attached hydrogens (tertiary/aromatic N) is 2. The SMILES string of the molecule is CC(C)N1CCC(NC2CCN(c3cccc(-c4cc5cc(S(N)(=O)=O)ccc5[nH]4)c3)CC2)CC1. The van der Waals surface area contributed by atoms with Gasteiger partial charge in [0.2, 0.25) is 10.0 Å². The number of aromatic nitrogens is 1. The van der Waals surface area contributed by atoms with Crippen LogP contribution in [0.15, 0.2) is 53.4 Å². The van der Waals surface area contributed by atoms with Gasteiger partial charge >= 0.3 is 0 Å². The van der Waals surface area contributed by atoms with Gasteiger partial charge in [0, 0.05) is 53.5 Å². The summed E-state index contributed by atoms with van der Waals surface area (Å²) in [6.45, 7) is 9.10. The van der Waals surface area contributed by atoms with Crippen molar-refractivity contribution in [3.63, 3.8) is 0 Å². The number of hydrogen-bond acceptors (Lipinski definition) is 5. The highest BCUT2D eigenvalue weighted by atomic mass is 32.2. The minimum atomic E-state index is -3.72. The quantitative estimate of drug-likeness (QED) is 0.482. The molecule has 2 aromatic carbocycles. The number of nitrogens with one attached hydrogen (secondary N) is 2. The number of benzene rings is 2. The number of sulfonamides is 1. The molecule has 2 aliphatic heterocycles. The Kier molecular flexibility index (Phi) is 6.90. The highest BCUT2D eigenvalue weighted by Gasteiger charge is 2.25. The molecule has 7 nitrogen and oxygen atoms in total. The molecule has 0 radical (unpaired) electrons. The first kappa shape index (κ1) is 24.3. The van der Waals surface area contributed by atoms with Gasteiger partial charge in [0.1, 0.15) is 0 Å². The molecule has 0 aliphatic carbocycles. The van der Waals surface area contributed by atoms with Gasteiger partial charge in [0.15, 0.2) is 0 Å². The molecule has 1 aromatic heterocycles. The molecule has 0 bridgehead atoms. The Balaban J connectivity index is 1.22. The van der Waals surface area contributed by atoms with Crippen LogP contribution in [0.2, 0.25) is 0 Å². The van der Waals surface area contributed by atoms with E-state index >= 15 is 0 Å². The van der Waals surface area contributed by atoms with Crippen molar-refractivity contribution in [2.75, 3.05) is 31.1 Å². The Hall–Kier alpha value is -2.39. The van der Waals surface area contributed by atoms with E-state index in [9.17, 15) is 8.42 Å². The molecule has 0 saturated carbocycles. The smallest absolute Gasteiger partial charge is 0.238 e. The number of fused-ring (bicyclic) bond motifs is 1. The lowest BCUT2D eigenvalue weighted by atomic mass is 9.98. The number of likely N-dealkylation sites (tertiary alicyclic amines) is 1. The second-order valence-electron chi connectivity index (χ2n) is 10.4. The zero-order valence-corrected chi connectivity index (χ0v) is 21.5. The van der Waals surface area contributed by atoms with Crippen LogP contribution in [-0.4, -0.2) is 62.6 Å². The van der Waals surface area contributed by atoms with Crippen LogP contribution in [0.4, 0.5) is 5.69 Å². The predicted molar refractivity (Wildman–Crippen MR) is 143 cm³/mol. The van der Waals surface area contributed by atoms with Crippen molar-refractivity contribution in [3.8, 4) is 11.3 Å². The summed E-state index contributed by atoms with van der Waals surface area (Å²) >= 11 is 0. The summed E-state index contributed by atoms with van der Waals surface area (Å²) in [5.74, 6) is 0. The molecule has 3 aromatic rings. The molecule has 8 heteroatoms. The van der Waals surface area contributed by atoms with Gasteiger partial charge in [-0.15, -0.1) is 0 Å². The average molecular weight is 496 g/mol. The molecular weight excluding hydrogens is 458 g/mol. The number of rotatable bonds is 6. The summed E-state index contributed by atoms with van der Waals surface area (Å²) < 4.78 is 23.4. The molecule has 5 rings (SSSR count). The third-order valence-electron chi connectivity index (χ3n) is 7.67. The minimum Gasteiger partial charge on any atom is -0.371 e. The summed E-state index contributed by atoms with van der Waals surface area (Å²) in [7, 11) is -3.72. The van der Waals surface area contributed by atoms with Crippen LogP contribution in [0.25, 0.3) is 22.2 Å². The summed E-state index contributed by atoms with van der Waals surface area (Å²) in [5.41, 5.74) is 4.18. The molecule has 4 N–H and O–H groups in total. The molecule has 2 saturated heterocycles. The summed E-state index contributed by atoms with van der Waals surface area (Å²) in [4.78, 5) is 8.61. The molecule has 0 spiro atoms. The van der Waals surface area contributed by atoms with Crippen LogP contribution in [0.1, 0.15) is 39.5 Å². The van der Waals surface area contributed by atoms with E-state index in [1.807, 2.05) is 6.07 Å². The van der Waals surface area contributed by atoms with Gasteiger partial charge in [-0.2, -0.15) is 0 Å². The van der Waals surface area contributed by atoms with Crippen molar-refractivity contribution < 1.29 is 8.42 Å². The zero-order chi connectivity index (χ0) is 24.6. The maximum atomic E-state index is 11.7. The molecular formula is C27H37N5O2S. The van der Waals surface area contributed by atoms with Crippen LogP contribution >= 0.6 is 0 Å². The number of piperidine rings is 2. The van der Waals surface area contributed by atoms with Crippen molar-refractivity contribution in [1.82, 2.24) is 15.2 Å². The summed E-state index contributed by atoms with van der Waals surface area (Å²) in [6.07, 6.45) is 4.84. The Morgan fingerprint density at radius 2 is 1.63 bits per heavy atom. The van der Waals surface area contributed by atoms with Gasteiger partial charge in [-0.05, 0) is 94.6 Å². The fourth-order valence-electron chi connectivity index (χ4n) is 5.53. The van der Waals surface area contributed by atoms with Crippen LogP contribution in [0.5, 0.6) is 0 Å². The second-order valence-corrected chi connectivity index (χ2v) is 11.9. The highest BCUT2D eigenvalue weighted by molar-refractivity contribution is 7.89. The Morgan fingerprint density at radius 3 is 2.29 bits per heavy atom.